The molecule has 0 amide bonds. The van der Waals surface area contributed by atoms with Crippen molar-refractivity contribution in [2.45, 2.75) is 25.4 Å². The number of fused-ring (bicyclic) bond motifs is 1. The molecule has 0 radical (unpaired) electrons. The summed E-state index contributed by atoms with van der Waals surface area (Å²) in [6, 6.07) is 9.67. The number of ether oxygens (including phenoxy) is 1. The highest BCUT2D eigenvalue weighted by atomic mass is 32.1. The summed E-state index contributed by atoms with van der Waals surface area (Å²) in [6.07, 6.45) is 3.74. The summed E-state index contributed by atoms with van der Waals surface area (Å²) in [5.74, 6) is 7.84. The molecule has 168 valence electrons. The van der Waals surface area contributed by atoms with Gasteiger partial charge in [-0.1, -0.05) is 11.8 Å². The fourth-order valence-electron chi connectivity index (χ4n) is 4.57. The molecule has 0 spiro atoms. The van der Waals surface area contributed by atoms with E-state index in [0.717, 1.165) is 60.3 Å². The van der Waals surface area contributed by atoms with Crippen LogP contribution in [0, 0.1) is 23.7 Å². The van der Waals surface area contributed by atoms with E-state index in [-0.39, 0.29) is 12.5 Å². The molecule has 5 nitrogen and oxygen atoms in total. The zero-order valence-electron chi connectivity index (χ0n) is 18.4. The lowest BCUT2D eigenvalue weighted by Crippen LogP contribution is -2.42. The number of methoxy groups -OCH3 is 1. The number of thiophene rings is 1. The Morgan fingerprint density at radius 1 is 1.28 bits per heavy atom. The van der Waals surface area contributed by atoms with E-state index in [0.29, 0.717) is 12.3 Å². The van der Waals surface area contributed by atoms with Crippen molar-refractivity contribution in [3.05, 3.63) is 58.4 Å². The maximum absolute atomic E-state index is 11.0. The summed E-state index contributed by atoms with van der Waals surface area (Å²) in [6.45, 7) is 2.73. The van der Waals surface area contributed by atoms with Gasteiger partial charge in [0, 0.05) is 35.7 Å². The molecule has 4 rings (SSSR count). The largest absolute Gasteiger partial charge is 0.497 e. The molecule has 6 heteroatoms. The molecule has 3 heterocycles. The van der Waals surface area contributed by atoms with Crippen molar-refractivity contribution in [1.82, 2.24) is 9.88 Å². The average Bonchev–Trinajstić information content (AvgIpc) is 3.35. The molecule has 1 fully saturated rings. The van der Waals surface area contributed by atoms with Crippen molar-refractivity contribution in [2.24, 2.45) is 11.8 Å². The van der Waals surface area contributed by atoms with Crippen LogP contribution in [-0.2, 0) is 0 Å². The van der Waals surface area contributed by atoms with Gasteiger partial charge >= 0.3 is 0 Å². The van der Waals surface area contributed by atoms with Gasteiger partial charge in [-0.15, -0.1) is 0 Å². The smallest absolute Gasteiger partial charge is 0.119 e. The Morgan fingerprint density at radius 3 is 2.97 bits per heavy atom. The van der Waals surface area contributed by atoms with Gasteiger partial charge in [-0.3, -0.25) is 9.88 Å². The SMILES string of the molecule is COc1ccc2nccc(C(O)CC[C@@H]3CCN(CC#Cc4ccsc4)C[C@@H]3CO)c2c1. The first kappa shape index (κ1) is 22.8. The Kier molecular flexibility index (Phi) is 7.77. The third-order valence-corrected chi connectivity index (χ3v) is 7.10. The highest BCUT2D eigenvalue weighted by Crippen LogP contribution is 2.33. The number of aliphatic hydroxyl groups is 2. The van der Waals surface area contributed by atoms with E-state index < -0.39 is 6.10 Å². The van der Waals surface area contributed by atoms with Gasteiger partial charge in [-0.05, 0) is 78.9 Å². The number of likely N-dealkylation sites (tertiary alicyclic amines) is 1. The van der Waals surface area contributed by atoms with Gasteiger partial charge in [0.15, 0.2) is 0 Å². The lowest BCUT2D eigenvalue weighted by Gasteiger charge is -2.37. The van der Waals surface area contributed by atoms with E-state index in [9.17, 15) is 10.2 Å². The number of hydrogen-bond donors (Lipinski definition) is 2. The van der Waals surface area contributed by atoms with Crippen LogP contribution in [0.15, 0.2) is 47.3 Å². The molecule has 3 aromatic rings. The predicted molar refractivity (Wildman–Crippen MR) is 129 cm³/mol. The average molecular weight is 451 g/mol. The van der Waals surface area contributed by atoms with E-state index in [1.165, 1.54) is 0 Å². The van der Waals surface area contributed by atoms with Crippen LogP contribution in [-0.4, -0.2) is 53.4 Å². The Bertz CT molecular complexity index is 1070. The molecule has 1 aliphatic heterocycles. The predicted octanol–water partition coefficient (Wildman–Crippen LogP) is 4.10. The molecule has 2 aromatic heterocycles. The van der Waals surface area contributed by atoms with Crippen LogP contribution >= 0.6 is 11.3 Å². The van der Waals surface area contributed by atoms with Crippen molar-refractivity contribution < 1.29 is 14.9 Å². The number of hydrogen-bond acceptors (Lipinski definition) is 6. The van der Waals surface area contributed by atoms with Crippen LogP contribution in [0.4, 0.5) is 0 Å². The maximum Gasteiger partial charge on any atom is 0.119 e. The van der Waals surface area contributed by atoms with Gasteiger partial charge in [-0.25, -0.2) is 0 Å². The van der Waals surface area contributed by atoms with Gasteiger partial charge in [0.1, 0.15) is 5.75 Å². The van der Waals surface area contributed by atoms with E-state index >= 15 is 0 Å². The van der Waals surface area contributed by atoms with E-state index in [1.807, 2.05) is 35.7 Å². The second kappa shape index (κ2) is 10.9. The molecule has 1 unspecified atom stereocenters. The minimum Gasteiger partial charge on any atom is -0.497 e. The van der Waals surface area contributed by atoms with E-state index in [1.54, 1.807) is 24.6 Å². The number of pyridine rings is 1. The summed E-state index contributed by atoms with van der Waals surface area (Å²) in [4.78, 5) is 6.74. The summed E-state index contributed by atoms with van der Waals surface area (Å²) < 4.78 is 5.35. The topological polar surface area (TPSA) is 65.8 Å². The van der Waals surface area contributed by atoms with Gasteiger partial charge < -0.3 is 14.9 Å². The lowest BCUT2D eigenvalue weighted by molar-refractivity contribution is 0.0640. The number of aromatic nitrogens is 1. The monoisotopic (exact) mass is 450 g/mol. The second-order valence-electron chi connectivity index (χ2n) is 8.42. The molecule has 3 atom stereocenters. The third-order valence-electron chi connectivity index (χ3n) is 6.42. The first-order valence-electron chi connectivity index (χ1n) is 11.1. The summed E-state index contributed by atoms with van der Waals surface area (Å²) in [7, 11) is 1.64. The Balaban J connectivity index is 1.35. The van der Waals surface area contributed by atoms with Crippen LogP contribution in [0.2, 0.25) is 0 Å². The lowest BCUT2D eigenvalue weighted by atomic mass is 9.81. The van der Waals surface area contributed by atoms with Gasteiger partial charge in [0.25, 0.3) is 0 Å². The highest BCUT2D eigenvalue weighted by molar-refractivity contribution is 7.08. The Labute approximate surface area is 193 Å². The quantitative estimate of drug-likeness (QED) is 0.531. The fourth-order valence-corrected chi connectivity index (χ4v) is 5.15. The first-order valence-corrected chi connectivity index (χ1v) is 12.1. The minimum absolute atomic E-state index is 0.171. The van der Waals surface area contributed by atoms with Gasteiger partial charge in [-0.2, -0.15) is 11.3 Å². The molecule has 0 aliphatic carbocycles. The number of benzene rings is 1. The molecule has 32 heavy (non-hydrogen) atoms. The standard InChI is InChI=1S/C26H30N2O3S/c1-31-22-5-6-25-24(15-22)23(8-11-27-25)26(30)7-4-20-9-13-28(16-21(20)17-29)12-2-3-19-10-14-32-18-19/h5-6,8,10-11,14-15,18,20-21,26,29-30H,4,7,9,12-13,16-17H2,1H3/t20-,21-,26?/m1/s1. The van der Waals surface area contributed by atoms with E-state index in [4.69, 9.17) is 4.74 Å². The summed E-state index contributed by atoms with van der Waals surface area (Å²) in [5.41, 5.74) is 2.81. The van der Waals surface area contributed by atoms with Gasteiger partial charge in [0.05, 0.1) is 25.3 Å². The number of nitrogens with zero attached hydrogens (tertiary/aromatic N) is 2. The van der Waals surface area contributed by atoms with Crippen LogP contribution in [0.5, 0.6) is 5.75 Å². The van der Waals surface area contributed by atoms with Crippen LogP contribution in [0.3, 0.4) is 0 Å². The molecule has 1 aromatic carbocycles. The van der Waals surface area contributed by atoms with Gasteiger partial charge in [0.2, 0.25) is 0 Å². The molecular formula is C26H30N2O3S. The molecule has 0 saturated carbocycles. The van der Waals surface area contributed by atoms with Crippen molar-refractivity contribution in [3.8, 4) is 17.6 Å². The normalized spacial score (nSPS) is 20.0. The third kappa shape index (κ3) is 5.48. The van der Waals surface area contributed by atoms with Crippen LogP contribution in [0.1, 0.15) is 36.5 Å². The van der Waals surface area contributed by atoms with Crippen molar-refractivity contribution in [3.63, 3.8) is 0 Å². The van der Waals surface area contributed by atoms with Crippen molar-refractivity contribution in [2.75, 3.05) is 33.4 Å². The fraction of sp³-hybridized carbons (Fsp3) is 0.423. The number of aliphatic hydroxyl groups excluding tert-OH is 2. The number of rotatable bonds is 7. The first-order chi connectivity index (χ1) is 15.7. The zero-order valence-corrected chi connectivity index (χ0v) is 19.2. The van der Waals surface area contributed by atoms with Crippen LogP contribution < -0.4 is 4.74 Å². The molecule has 1 aliphatic rings. The highest BCUT2D eigenvalue weighted by Gasteiger charge is 2.29. The molecular weight excluding hydrogens is 420 g/mol. The van der Waals surface area contributed by atoms with Crippen LogP contribution in [0.25, 0.3) is 10.9 Å². The molecule has 0 bridgehead atoms. The van der Waals surface area contributed by atoms with Crippen molar-refractivity contribution in [1.29, 1.82) is 0 Å². The molecule has 1 saturated heterocycles. The maximum atomic E-state index is 11.0. The number of piperidine rings is 1. The zero-order chi connectivity index (χ0) is 22.3. The Morgan fingerprint density at radius 2 is 2.19 bits per heavy atom. The Hall–Kier alpha value is -2.43. The van der Waals surface area contributed by atoms with Crippen molar-refractivity contribution >= 4 is 22.2 Å². The second-order valence-corrected chi connectivity index (χ2v) is 9.20. The molecule has 2 N–H and O–H groups in total. The minimum atomic E-state index is -0.568. The summed E-state index contributed by atoms with van der Waals surface area (Å²) in [5, 5.41) is 26.0. The van der Waals surface area contributed by atoms with E-state index in [2.05, 4.69) is 27.1 Å². The summed E-state index contributed by atoms with van der Waals surface area (Å²) >= 11 is 1.66.